The molecule has 0 amide bonds. The summed E-state index contributed by atoms with van der Waals surface area (Å²) in [4.78, 5) is 0. The summed E-state index contributed by atoms with van der Waals surface area (Å²) >= 11 is 5.90. The lowest BCUT2D eigenvalue weighted by molar-refractivity contribution is -0.947. The van der Waals surface area contributed by atoms with Gasteiger partial charge in [0.05, 0.1) is 26.3 Å². The van der Waals surface area contributed by atoms with Crippen LogP contribution in [0.1, 0.15) is 30.4 Å². The van der Waals surface area contributed by atoms with Crippen LogP contribution in [0.3, 0.4) is 0 Å². The van der Waals surface area contributed by atoms with E-state index in [2.05, 4.69) is 30.3 Å². The third-order valence-electron chi connectivity index (χ3n) is 5.22. The van der Waals surface area contributed by atoms with Crippen molar-refractivity contribution in [3.05, 3.63) is 70.7 Å². The van der Waals surface area contributed by atoms with Crippen molar-refractivity contribution in [2.75, 3.05) is 26.2 Å². The number of likely N-dealkylation sites (tertiary alicyclic amines) is 1. The summed E-state index contributed by atoms with van der Waals surface area (Å²) < 4.78 is 6.72. The minimum Gasteiger partial charge on any atom is -0.385 e. The third-order valence-corrected chi connectivity index (χ3v) is 5.47. The third kappa shape index (κ3) is 5.82. The average molecular weight is 375 g/mol. The van der Waals surface area contributed by atoms with Crippen LogP contribution in [0.4, 0.5) is 0 Å². The molecule has 3 nitrogen and oxygen atoms in total. The molecule has 1 atom stereocenters. The number of ether oxygens (including phenoxy) is 1. The first kappa shape index (κ1) is 19.4. The number of benzene rings is 2. The molecule has 0 bridgehead atoms. The van der Waals surface area contributed by atoms with Crippen LogP contribution < -0.4 is 0 Å². The molecule has 1 saturated heterocycles. The van der Waals surface area contributed by atoms with E-state index in [-0.39, 0.29) is 0 Å². The Kier molecular flexibility index (Phi) is 7.09. The van der Waals surface area contributed by atoms with E-state index < -0.39 is 6.10 Å². The highest BCUT2D eigenvalue weighted by Crippen LogP contribution is 2.23. The van der Waals surface area contributed by atoms with Gasteiger partial charge in [-0.15, -0.1) is 0 Å². The van der Waals surface area contributed by atoms with Gasteiger partial charge >= 0.3 is 0 Å². The van der Waals surface area contributed by atoms with E-state index in [9.17, 15) is 5.11 Å². The van der Waals surface area contributed by atoms with E-state index in [1.165, 1.54) is 24.8 Å². The van der Waals surface area contributed by atoms with Crippen molar-refractivity contribution in [2.45, 2.75) is 38.5 Å². The minimum atomic E-state index is -0.441. The van der Waals surface area contributed by atoms with Crippen molar-refractivity contribution in [3.63, 3.8) is 0 Å². The smallest absolute Gasteiger partial charge is 0.126 e. The number of nitrogens with zero attached hydrogens (tertiary/aromatic N) is 1. The Hall–Kier alpha value is -1.39. The van der Waals surface area contributed by atoms with Crippen LogP contribution in [0, 0.1) is 0 Å². The van der Waals surface area contributed by atoms with Gasteiger partial charge < -0.3 is 14.3 Å². The second-order valence-corrected chi connectivity index (χ2v) is 7.91. The highest BCUT2D eigenvalue weighted by Gasteiger charge is 2.32. The lowest BCUT2D eigenvalue weighted by Gasteiger charge is -2.42. The van der Waals surface area contributed by atoms with Crippen LogP contribution in [0.5, 0.6) is 0 Å². The van der Waals surface area contributed by atoms with Crippen LogP contribution in [0.2, 0.25) is 5.02 Å². The Balaban J connectivity index is 1.53. The predicted molar refractivity (Wildman–Crippen MR) is 106 cm³/mol. The topological polar surface area (TPSA) is 29.5 Å². The largest absolute Gasteiger partial charge is 0.385 e. The molecule has 1 N–H and O–H groups in total. The molecule has 1 aliphatic heterocycles. The first-order valence-electron chi connectivity index (χ1n) is 9.55. The SMILES string of the molecule is O[C@@H](COCc1ccc(Cl)cc1)C[N+]1(Cc2ccccc2)CCCCC1. The molecule has 0 aromatic heterocycles. The lowest BCUT2D eigenvalue weighted by atomic mass is 10.0. The summed E-state index contributed by atoms with van der Waals surface area (Å²) in [6.07, 6.45) is 3.35. The van der Waals surface area contributed by atoms with Gasteiger partial charge in [0.1, 0.15) is 19.2 Å². The highest BCUT2D eigenvalue weighted by atomic mass is 35.5. The summed E-state index contributed by atoms with van der Waals surface area (Å²) in [5, 5.41) is 11.3. The molecule has 0 unspecified atom stereocenters. The van der Waals surface area contributed by atoms with Crippen LogP contribution in [0.25, 0.3) is 0 Å². The molecule has 4 heteroatoms. The number of hydrogen-bond acceptors (Lipinski definition) is 2. The Morgan fingerprint density at radius 1 is 0.923 bits per heavy atom. The van der Waals surface area contributed by atoms with Crippen LogP contribution in [-0.2, 0) is 17.9 Å². The van der Waals surface area contributed by atoms with Crippen molar-refractivity contribution in [1.82, 2.24) is 0 Å². The van der Waals surface area contributed by atoms with Gasteiger partial charge in [-0.05, 0) is 37.0 Å². The minimum absolute atomic E-state index is 0.372. The van der Waals surface area contributed by atoms with Gasteiger partial charge in [0.15, 0.2) is 0 Å². The van der Waals surface area contributed by atoms with Crippen molar-refractivity contribution >= 4 is 11.6 Å². The van der Waals surface area contributed by atoms with Gasteiger partial charge in [0.25, 0.3) is 0 Å². The molecule has 26 heavy (non-hydrogen) atoms. The van der Waals surface area contributed by atoms with Crippen LogP contribution in [-0.4, -0.2) is 41.9 Å². The lowest BCUT2D eigenvalue weighted by Crippen LogP contribution is -2.55. The number of rotatable bonds is 8. The van der Waals surface area contributed by atoms with Gasteiger partial charge in [0, 0.05) is 10.6 Å². The standard InChI is InChI=1S/C22H29ClNO2/c23-21-11-9-20(10-12-21)17-26-18-22(25)16-24(13-5-2-6-14-24)15-19-7-3-1-4-8-19/h1,3-4,7-12,22,25H,2,5-6,13-18H2/q+1/t22-/m1/s1. The second kappa shape index (κ2) is 9.52. The van der Waals surface area contributed by atoms with Crippen LogP contribution >= 0.6 is 11.6 Å². The first-order chi connectivity index (χ1) is 12.7. The fraction of sp³-hybridized carbons (Fsp3) is 0.455. The molecule has 2 aromatic carbocycles. The Labute approximate surface area is 161 Å². The van der Waals surface area contributed by atoms with Gasteiger partial charge in [-0.25, -0.2) is 0 Å². The quantitative estimate of drug-likeness (QED) is 0.693. The number of hydrogen-bond donors (Lipinski definition) is 1. The van der Waals surface area contributed by atoms with Crippen molar-refractivity contribution in [2.24, 2.45) is 0 Å². The summed E-state index contributed by atoms with van der Waals surface area (Å²) in [6, 6.07) is 18.3. The highest BCUT2D eigenvalue weighted by molar-refractivity contribution is 6.30. The molecule has 140 valence electrons. The first-order valence-corrected chi connectivity index (χ1v) is 9.92. The van der Waals surface area contributed by atoms with Crippen molar-refractivity contribution in [3.8, 4) is 0 Å². The number of aliphatic hydroxyl groups excluding tert-OH is 1. The van der Waals surface area contributed by atoms with E-state index in [0.717, 1.165) is 41.2 Å². The molecule has 1 aliphatic rings. The summed E-state index contributed by atoms with van der Waals surface area (Å²) in [5.74, 6) is 0. The molecule has 0 radical (unpaired) electrons. The van der Waals surface area contributed by atoms with Gasteiger partial charge in [-0.3, -0.25) is 0 Å². The van der Waals surface area contributed by atoms with E-state index >= 15 is 0 Å². The normalized spacial score (nSPS) is 17.8. The summed E-state index contributed by atoms with van der Waals surface area (Å²) in [7, 11) is 0. The van der Waals surface area contributed by atoms with Crippen molar-refractivity contribution in [1.29, 1.82) is 0 Å². The molecule has 1 heterocycles. The van der Waals surface area contributed by atoms with Gasteiger partial charge in [-0.1, -0.05) is 54.1 Å². The molecule has 0 aliphatic carbocycles. The molecular formula is C22H29ClNO2+. The molecule has 1 fully saturated rings. The van der Waals surface area contributed by atoms with Crippen LogP contribution in [0.15, 0.2) is 54.6 Å². The zero-order valence-corrected chi connectivity index (χ0v) is 16.1. The Morgan fingerprint density at radius 3 is 2.31 bits per heavy atom. The summed E-state index contributed by atoms with van der Waals surface area (Å²) in [5.41, 5.74) is 2.43. The molecule has 0 spiro atoms. The van der Waals surface area contributed by atoms with Gasteiger partial charge in [-0.2, -0.15) is 0 Å². The number of aliphatic hydroxyl groups is 1. The maximum absolute atomic E-state index is 10.6. The Morgan fingerprint density at radius 2 is 1.62 bits per heavy atom. The van der Waals surface area contributed by atoms with Gasteiger partial charge in [0.2, 0.25) is 0 Å². The van der Waals surface area contributed by atoms with Crippen molar-refractivity contribution < 1.29 is 14.3 Å². The van der Waals surface area contributed by atoms with E-state index in [1.807, 2.05) is 24.3 Å². The zero-order chi connectivity index (χ0) is 18.2. The molecule has 0 saturated carbocycles. The second-order valence-electron chi connectivity index (χ2n) is 7.47. The molecule has 2 aromatic rings. The summed E-state index contributed by atoms with van der Waals surface area (Å²) in [6.45, 7) is 4.92. The fourth-order valence-electron chi connectivity index (χ4n) is 3.95. The van der Waals surface area contributed by atoms with E-state index in [4.69, 9.17) is 16.3 Å². The van der Waals surface area contributed by atoms with E-state index in [1.54, 1.807) is 0 Å². The number of halogens is 1. The number of piperidine rings is 1. The zero-order valence-electron chi connectivity index (χ0n) is 15.3. The maximum Gasteiger partial charge on any atom is 0.126 e. The molecular weight excluding hydrogens is 346 g/mol. The monoisotopic (exact) mass is 374 g/mol. The predicted octanol–water partition coefficient (Wildman–Crippen LogP) is 4.42. The average Bonchev–Trinajstić information content (AvgIpc) is 2.65. The maximum atomic E-state index is 10.6. The Bertz CT molecular complexity index is 654. The number of quaternary nitrogens is 1. The fourth-order valence-corrected chi connectivity index (χ4v) is 4.08. The molecule has 3 rings (SSSR count). The van der Waals surface area contributed by atoms with E-state index in [0.29, 0.717) is 13.2 Å².